The van der Waals surface area contributed by atoms with Gasteiger partial charge in [0.15, 0.2) is 6.29 Å². The number of allylic oxidation sites excluding steroid dienone is 8. The summed E-state index contributed by atoms with van der Waals surface area (Å²) in [5, 5.41) is 76.2. The number of nitrogens with one attached hydrogen (secondary N) is 1. The Kier molecular flexibility index (Phi) is 48.1. The largest absolute Gasteiger partial charge is 0.394 e. The Morgan fingerprint density at radius 3 is 1.37 bits per heavy atom. The van der Waals surface area contributed by atoms with Gasteiger partial charge in [-0.05, 0) is 77.0 Å². The van der Waals surface area contributed by atoms with Gasteiger partial charge in [0.2, 0.25) is 5.91 Å². The van der Waals surface area contributed by atoms with Gasteiger partial charge in [-0.3, -0.25) is 4.79 Å². The fraction of sp³-hybridized carbons (Fsp3) is 0.855. The van der Waals surface area contributed by atoms with E-state index in [4.69, 9.17) is 9.47 Å². The topological polar surface area (TPSA) is 189 Å². The van der Waals surface area contributed by atoms with Crippen molar-refractivity contribution >= 4 is 5.91 Å². The van der Waals surface area contributed by atoms with Crippen LogP contribution in [0.25, 0.3) is 0 Å². The van der Waals surface area contributed by atoms with E-state index in [-0.39, 0.29) is 12.8 Å². The summed E-state index contributed by atoms with van der Waals surface area (Å²) < 4.78 is 11.1. The van der Waals surface area contributed by atoms with E-state index in [9.17, 15) is 40.5 Å². The first-order valence-electron chi connectivity index (χ1n) is 30.5. The van der Waals surface area contributed by atoms with Crippen LogP contribution in [0.15, 0.2) is 48.6 Å². The molecule has 0 saturated carbocycles. The molecule has 9 unspecified atom stereocenters. The summed E-state index contributed by atoms with van der Waals surface area (Å²) in [6.07, 6.45) is 53.2. The van der Waals surface area contributed by atoms with Gasteiger partial charge in [0, 0.05) is 0 Å². The van der Waals surface area contributed by atoms with Gasteiger partial charge in [-0.2, -0.15) is 0 Å². The number of unbranched alkanes of at least 4 members (excludes halogenated alkanes) is 32. The van der Waals surface area contributed by atoms with Crippen molar-refractivity contribution in [3.8, 4) is 0 Å². The Bertz CT molecular complexity index is 1320. The van der Waals surface area contributed by atoms with Gasteiger partial charge < -0.3 is 50.5 Å². The van der Waals surface area contributed by atoms with Crippen LogP contribution in [0.4, 0.5) is 0 Å². The van der Waals surface area contributed by atoms with Crippen molar-refractivity contribution in [3.63, 3.8) is 0 Å². The van der Waals surface area contributed by atoms with Crippen LogP contribution in [0, 0.1) is 0 Å². The summed E-state index contributed by atoms with van der Waals surface area (Å²) in [4.78, 5) is 13.2. The Labute approximate surface area is 447 Å². The number of ether oxygens (including phenoxy) is 2. The zero-order valence-corrected chi connectivity index (χ0v) is 46.9. The number of carbonyl (C=O) groups excluding carboxylic acids is 1. The van der Waals surface area contributed by atoms with Crippen LogP contribution in [-0.4, -0.2) is 110 Å². The second-order valence-electron chi connectivity index (χ2n) is 21.4. The van der Waals surface area contributed by atoms with Gasteiger partial charge in [-0.15, -0.1) is 0 Å². The van der Waals surface area contributed by atoms with Gasteiger partial charge in [0.1, 0.15) is 36.6 Å². The monoisotopic (exact) mass is 1030 g/mol. The molecule has 428 valence electrons. The highest BCUT2D eigenvalue weighted by atomic mass is 16.7. The molecule has 1 rings (SSSR count). The van der Waals surface area contributed by atoms with Crippen LogP contribution in [0.2, 0.25) is 0 Å². The average Bonchev–Trinajstić information content (AvgIpc) is 3.39. The summed E-state index contributed by atoms with van der Waals surface area (Å²) in [6, 6.07) is -1.19. The van der Waals surface area contributed by atoms with Crippen LogP contribution in [0.1, 0.15) is 271 Å². The molecule has 1 aliphatic rings. The molecule has 8 N–H and O–H groups in total. The Morgan fingerprint density at radius 2 is 0.904 bits per heavy atom. The normalized spacial score (nSPS) is 20.3. The molecule has 9 atom stereocenters. The van der Waals surface area contributed by atoms with Crippen LogP contribution >= 0.6 is 0 Å². The SMILES string of the molecule is CC/C=C\C/C=C\CCCCCCCCCCCCCCCC(O)C(=O)NC(COC1OC(CO)C(O)C(O)C1O)C(O)C(O)CCC/C=C/CC/C=C/CCCCCCCCCCCCCCCCCCC. The molecule has 11 nitrogen and oxygen atoms in total. The molecule has 0 bridgehead atoms. The molecule has 0 aromatic heterocycles. The smallest absolute Gasteiger partial charge is 0.249 e. The van der Waals surface area contributed by atoms with E-state index >= 15 is 0 Å². The van der Waals surface area contributed by atoms with E-state index in [0.29, 0.717) is 19.3 Å². The van der Waals surface area contributed by atoms with Gasteiger partial charge in [-0.1, -0.05) is 242 Å². The fourth-order valence-electron chi connectivity index (χ4n) is 9.67. The van der Waals surface area contributed by atoms with Gasteiger partial charge in [0.25, 0.3) is 0 Å². The molecule has 1 heterocycles. The highest BCUT2D eigenvalue weighted by molar-refractivity contribution is 5.80. The van der Waals surface area contributed by atoms with E-state index in [1.54, 1.807) is 0 Å². The van der Waals surface area contributed by atoms with Crippen molar-refractivity contribution in [2.24, 2.45) is 0 Å². The summed E-state index contributed by atoms with van der Waals surface area (Å²) >= 11 is 0. The zero-order chi connectivity index (χ0) is 53.3. The molecule has 1 fully saturated rings. The Morgan fingerprint density at radius 1 is 0.493 bits per heavy atom. The third kappa shape index (κ3) is 39.1. The third-order valence-corrected chi connectivity index (χ3v) is 14.6. The number of aliphatic hydroxyl groups is 7. The van der Waals surface area contributed by atoms with Gasteiger partial charge in [-0.25, -0.2) is 0 Å². The van der Waals surface area contributed by atoms with Crippen molar-refractivity contribution in [1.82, 2.24) is 5.32 Å². The molecule has 0 spiro atoms. The van der Waals surface area contributed by atoms with Crippen molar-refractivity contribution in [1.29, 1.82) is 0 Å². The van der Waals surface area contributed by atoms with E-state index < -0.39 is 74.2 Å². The van der Waals surface area contributed by atoms with E-state index in [0.717, 1.165) is 51.4 Å². The number of hydrogen-bond donors (Lipinski definition) is 8. The minimum Gasteiger partial charge on any atom is -0.394 e. The predicted molar refractivity (Wildman–Crippen MR) is 302 cm³/mol. The average molecular weight is 1030 g/mol. The number of amides is 1. The molecule has 0 radical (unpaired) electrons. The maximum atomic E-state index is 13.2. The van der Waals surface area contributed by atoms with E-state index in [1.807, 2.05) is 0 Å². The standard InChI is InChI=1S/C62H115NO10/c1-3-5-7-9-11-13-15-17-19-21-23-25-26-27-28-29-30-32-33-35-37-39-41-43-45-47-49-54(65)57(67)53(52-72-62-60(70)59(69)58(68)56(51-64)73-62)63-61(71)55(66)50-48-46-44-42-40-38-36-34-31-24-22-20-18-16-14-12-10-8-6-4-2/h6,8,12,14,33,35,41,43,53-60,62,64-70H,3-5,7,9-11,13,15-32,34,36-40,42,44-52H2,1-2H3,(H,63,71)/b8-6-,14-12-,35-33+,43-41+. The minimum absolute atomic E-state index is 0.246. The summed E-state index contributed by atoms with van der Waals surface area (Å²) in [5.41, 5.74) is 0. The van der Waals surface area contributed by atoms with Crippen LogP contribution in [0.5, 0.6) is 0 Å². The lowest BCUT2D eigenvalue weighted by atomic mass is 9.98. The molecular formula is C62H115NO10. The molecule has 11 heteroatoms. The first-order chi connectivity index (χ1) is 35.7. The highest BCUT2D eigenvalue weighted by Gasteiger charge is 2.44. The van der Waals surface area contributed by atoms with E-state index in [2.05, 4.69) is 67.8 Å². The maximum absolute atomic E-state index is 13.2. The van der Waals surface area contributed by atoms with Crippen molar-refractivity contribution < 1.29 is 50.0 Å². The molecule has 1 amide bonds. The predicted octanol–water partition coefficient (Wildman–Crippen LogP) is 13.2. The summed E-state index contributed by atoms with van der Waals surface area (Å²) in [6.45, 7) is 3.36. The number of aliphatic hydroxyl groups excluding tert-OH is 7. The number of carbonyl (C=O) groups is 1. The lowest BCUT2D eigenvalue weighted by molar-refractivity contribution is -0.303. The van der Waals surface area contributed by atoms with Crippen LogP contribution in [-0.2, 0) is 14.3 Å². The molecule has 0 aromatic carbocycles. The third-order valence-electron chi connectivity index (χ3n) is 14.6. The Balaban J connectivity index is 2.31. The molecular weight excluding hydrogens is 919 g/mol. The molecule has 1 aliphatic heterocycles. The highest BCUT2D eigenvalue weighted by Crippen LogP contribution is 2.23. The molecule has 0 aromatic rings. The van der Waals surface area contributed by atoms with E-state index in [1.165, 1.54) is 173 Å². The van der Waals surface area contributed by atoms with Crippen molar-refractivity contribution in [2.75, 3.05) is 13.2 Å². The van der Waals surface area contributed by atoms with Crippen LogP contribution in [0.3, 0.4) is 0 Å². The number of rotatable bonds is 52. The van der Waals surface area contributed by atoms with Crippen molar-refractivity contribution in [3.05, 3.63) is 48.6 Å². The number of hydrogen-bond acceptors (Lipinski definition) is 10. The maximum Gasteiger partial charge on any atom is 0.249 e. The lowest BCUT2D eigenvalue weighted by Gasteiger charge is -2.40. The van der Waals surface area contributed by atoms with Crippen molar-refractivity contribution in [2.45, 2.75) is 326 Å². The lowest BCUT2D eigenvalue weighted by Crippen LogP contribution is -2.60. The second-order valence-corrected chi connectivity index (χ2v) is 21.4. The molecule has 73 heavy (non-hydrogen) atoms. The minimum atomic E-state index is -1.67. The van der Waals surface area contributed by atoms with Gasteiger partial charge >= 0.3 is 0 Å². The summed E-state index contributed by atoms with van der Waals surface area (Å²) in [7, 11) is 0. The summed E-state index contributed by atoms with van der Waals surface area (Å²) in [5.74, 6) is -0.710. The zero-order valence-electron chi connectivity index (χ0n) is 46.9. The first kappa shape index (κ1) is 69.1. The second kappa shape index (κ2) is 50.9. The molecule has 0 aliphatic carbocycles. The van der Waals surface area contributed by atoms with Gasteiger partial charge in [0.05, 0.1) is 25.4 Å². The van der Waals surface area contributed by atoms with Crippen LogP contribution < -0.4 is 5.32 Å². The quantitative estimate of drug-likeness (QED) is 0.0215. The Hall–Kier alpha value is -1.93. The molecule has 1 saturated heterocycles. The fourth-order valence-corrected chi connectivity index (χ4v) is 9.67. The first-order valence-corrected chi connectivity index (χ1v) is 30.5.